The number of imide groups is 1. The minimum atomic E-state index is -1.84. The number of hydroxylamine groups is 2. The molecule has 31 heavy (non-hydrogen) atoms. The minimum Gasteiger partial charge on any atom is -0.445 e. The molecule has 0 bridgehead atoms. The average molecular weight is 426 g/mol. The summed E-state index contributed by atoms with van der Waals surface area (Å²) in [5.74, 6) is -2.56. The molecule has 0 unspecified atom stereocenters. The van der Waals surface area contributed by atoms with Crippen LogP contribution >= 0.6 is 0 Å². The number of benzene rings is 2. The molecule has 2 aromatic carbocycles. The van der Waals surface area contributed by atoms with Crippen molar-refractivity contribution >= 4 is 23.9 Å². The Labute approximate surface area is 178 Å². The number of rotatable bonds is 8. The molecule has 2 aromatic rings. The summed E-state index contributed by atoms with van der Waals surface area (Å²) in [5, 5.41) is 13.3. The van der Waals surface area contributed by atoms with Gasteiger partial charge in [-0.3, -0.25) is 9.59 Å². The van der Waals surface area contributed by atoms with Crippen LogP contribution in [0.5, 0.6) is 0 Å². The Morgan fingerprint density at radius 1 is 0.935 bits per heavy atom. The number of ether oxygens (including phenoxy) is 1. The van der Waals surface area contributed by atoms with Crippen molar-refractivity contribution in [3.63, 3.8) is 0 Å². The van der Waals surface area contributed by atoms with Crippen molar-refractivity contribution in [1.29, 1.82) is 0 Å². The van der Waals surface area contributed by atoms with Gasteiger partial charge in [0, 0.05) is 12.8 Å². The lowest BCUT2D eigenvalue weighted by Gasteiger charge is -2.24. The van der Waals surface area contributed by atoms with E-state index in [0.717, 1.165) is 11.1 Å². The second-order valence-corrected chi connectivity index (χ2v) is 6.94. The molecule has 2 atom stereocenters. The van der Waals surface area contributed by atoms with Crippen LogP contribution in [0.4, 0.5) is 4.79 Å². The number of nitrogens with zero attached hydrogens (tertiary/aromatic N) is 1. The molecule has 162 valence electrons. The molecule has 3 rings (SSSR count). The third kappa shape index (κ3) is 6.13. The zero-order valence-electron chi connectivity index (χ0n) is 16.6. The van der Waals surface area contributed by atoms with Gasteiger partial charge < -0.3 is 20.0 Å². The van der Waals surface area contributed by atoms with E-state index in [1.54, 1.807) is 54.6 Å². The van der Waals surface area contributed by atoms with Crippen molar-refractivity contribution in [3.8, 4) is 0 Å². The monoisotopic (exact) mass is 426 g/mol. The maximum Gasteiger partial charge on any atom is 0.407 e. The molecule has 3 amide bonds. The molecule has 0 aliphatic carbocycles. The molecule has 0 saturated carbocycles. The minimum absolute atomic E-state index is 0.00204. The van der Waals surface area contributed by atoms with Gasteiger partial charge in [0.05, 0.1) is 6.04 Å². The van der Waals surface area contributed by atoms with Crippen molar-refractivity contribution in [2.24, 2.45) is 0 Å². The number of alkyl carbamates (subject to hydrolysis) is 1. The van der Waals surface area contributed by atoms with Gasteiger partial charge in [-0.25, -0.2) is 9.59 Å². The van der Waals surface area contributed by atoms with Crippen LogP contribution < -0.4 is 5.32 Å². The molecule has 1 aliphatic rings. The Kier molecular flexibility index (Phi) is 7.34. The Bertz CT molecular complexity index is 917. The summed E-state index contributed by atoms with van der Waals surface area (Å²) in [5.41, 5.74) is 1.50. The van der Waals surface area contributed by atoms with Crippen molar-refractivity contribution in [1.82, 2.24) is 10.4 Å². The van der Waals surface area contributed by atoms with Gasteiger partial charge in [-0.2, -0.15) is 0 Å². The van der Waals surface area contributed by atoms with Gasteiger partial charge in [0.15, 0.2) is 6.10 Å². The summed E-state index contributed by atoms with van der Waals surface area (Å²) >= 11 is 0. The summed E-state index contributed by atoms with van der Waals surface area (Å²) < 4.78 is 5.16. The first-order chi connectivity index (χ1) is 14.9. The first-order valence-electron chi connectivity index (χ1n) is 9.71. The van der Waals surface area contributed by atoms with E-state index in [-0.39, 0.29) is 25.9 Å². The summed E-state index contributed by atoms with van der Waals surface area (Å²) in [4.78, 5) is 52.7. The first kappa shape index (κ1) is 22.0. The van der Waals surface area contributed by atoms with Gasteiger partial charge in [-0.15, -0.1) is 5.06 Å². The third-order valence-corrected chi connectivity index (χ3v) is 4.62. The fraction of sp³-hybridized carbons (Fsp3) is 0.273. The van der Waals surface area contributed by atoms with Crippen LogP contribution in [0.2, 0.25) is 0 Å². The summed E-state index contributed by atoms with van der Waals surface area (Å²) in [6.07, 6.45) is -2.74. The van der Waals surface area contributed by atoms with E-state index < -0.39 is 36.0 Å². The number of aliphatic hydroxyl groups is 1. The SMILES string of the molecule is O=C(N[C@H](Cc1ccccc1)[C@H](O)C(=O)ON1C(=O)CCC1=O)OCc1ccccc1. The lowest BCUT2D eigenvalue weighted by atomic mass is 10.0. The molecule has 9 heteroatoms. The molecule has 1 fully saturated rings. The number of nitrogens with one attached hydrogen (secondary N) is 1. The summed E-state index contributed by atoms with van der Waals surface area (Å²) in [6, 6.07) is 16.7. The van der Waals surface area contributed by atoms with Gasteiger partial charge in [0.2, 0.25) is 0 Å². The molecule has 0 radical (unpaired) electrons. The van der Waals surface area contributed by atoms with Crippen LogP contribution in [-0.2, 0) is 37.0 Å². The Morgan fingerprint density at radius 3 is 2.06 bits per heavy atom. The van der Waals surface area contributed by atoms with E-state index in [2.05, 4.69) is 5.32 Å². The first-order valence-corrected chi connectivity index (χ1v) is 9.71. The van der Waals surface area contributed by atoms with E-state index >= 15 is 0 Å². The molecule has 1 aliphatic heterocycles. The van der Waals surface area contributed by atoms with Crippen molar-refractivity contribution < 1.29 is 33.9 Å². The van der Waals surface area contributed by atoms with E-state index in [9.17, 15) is 24.3 Å². The maximum absolute atomic E-state index is 12.4. The Hall–Kier alpha value is -3.72. The largest absolute Gasteiger partial charge is 0.445 e. The topological polar surface area (TPSA) is 122 Å². The zero-order valence-corrected chi connectivity index (χ0v) is 16.6. The van der Waals surface area contributed by atoms with Crippen LogP contribution in [0.15, 0.2) is 60.7 Å². The highest BCUT2D eigenvalue weighted by Gasteiger charge is 2.37. The van der Waals surface area contributed by atoms with Crippen LogP contribution in [0.25, 0.3) is 0 Å². The van der Waals surface area contributed by atoms with Crippen molar-refractivity contribution in [2.75, 3.05) is 0 Å². The molecule has 0 spiro atoms. The summed E-state index contributed by atoms with van der Waals surface area (Å²) in [7, 11) is 0. The number of aliphatic hydroxyl groups excluding tert-OH is 1. The lowest BCUT2D eigenvalue weighted by Crippen LogP contribution is -2.50. The Morgan fingerprint density at radius 2 is 1.48 bits per heavy atom. The number of amides is 3. The predicted molar refractivity (Wildman–Crippen MR) is 107 cm³/mol. The van der Waals surface area contributed by atoms with E-state index in [4.69, 9.17) is 9.57 Å². The highest BCUT2D eigenvalue weighted by molar-refractivity contribution is 6.01. The van der Waals surface area contributed by atoms with Crippen LogP contribution in [0, 0.1) is 0 Å². The maximum atomic E-state index is 12.4. The van der Waals surface area contributed by atoms with Crippen molar-refractivity contribution in [3.05, 3.63) is 71.8 Å². The molecule has 0 aromatic heterocycles. The van der Waals surface area contributed by atoms with Gasteiger partial charge in [0.1, 0.15) is 6.61 Å². The van der Waals surface area contributed by atoms with Gasteiger partial charge in [-0.1, -0.05) is 60.7 Å². The number of hydrogen-bond acceptors (Lipinski definition) is 7. The molecule has 2 N–H and O–H groups in total. The normalized spacial score (nSPS) is 15.3. The van der Waals surface area contributed by atoms with Crippen LogP contribution in [0.1, 0.15) is 24.0 Å². The highest BCUT2D eigenvalue weighted by Crippen LogP contribution is 2.15. The third-order valence-electron chi connectivity index (χ3n) is 4.62. The number of carbonyl (C=O) groups is 4. The molecular weight excluding hydrogens is 404 g/mol. The summed E-state index contributed by atoms with van der Waals surface area (Å²) in [6.45, 7) is 0.00204. The fourth-order valence-electron chi connectivity index (χ4n) is 2.99. The smallest absolute Gasteiger partial charge is 0.407 e. The molecular formula is C22H22N2O7. The number of hydrogen-bond donors (Lipinski definition) is 2. The second-order valence-electron chi connectivity index (χ2n) is 6.94. The lowest BCUT2D eigenvalue weighted by molar-refractivity contribution is -0.204. The van der Waals surface area contributed by atoms with Gasteiger partial charge in [0.25, 0.3) is 11.8 Å². The fourth-order valence-corrected chi connectivity index (χ4v) is 2.99. The standard InChI is InChI=1S/C22H22N2O7/c25-18-11-12-19(26)24(18)31-21(28)20(27)17(13-15-7-3-1-4-8-15)23-22(29)30-14-16-9-5-2-6-10-16/h1-10,17,20,27H,11-14H2,(H,23,29)/t17-,20+/m1/s1. The van der Waals surface area contributed by atoms with Gasteiger partial charge in [-0.05, 0) is 17.5 Å². The van der Waals surface area contributed by atoms with Gasteiger partial charge >= 0.3 is 12.1 Å². The zero-order chi connectivity index (χ0) is 22.2. The Balaban J connectivity index is 1.66. The number of carbonyl (C=O) groups excluding carboxylic acids is 4. The second kappa shape index (κ2) is 10.4. The van der Waals surface area contributed by atoms with Crippen LogP contribution in [-0.4, -0.2) is 46.2 Å². The van der Waals surface area contributed by atoms with E-state index in [1.165, 1.54) is 0 Å². The van der Waals surface area contributed by atoms with Crippen molar-refractivity contribution in [2.45, 2.75) is 38.0 Å². The molecule has 9 nitrogen and oxygen atoms in total. The highest BCUT2D eigenvalue weighted by atomic mass is 16.7. The van der Waals surface area contributed by atoms with E-state index in [0.29, 0.717) is 5.06 Å². The molecule has 1 heterocycles. The van der Waals surface area contributed by atoms with Crippen LogP contribution in [0.3, 0.4) is 0 Å². The quantitative estimate of drug-likeness (QED) is 0.613. The predicted octanol–water partition coefficient (Wildman–Crippen LogP) is 1.49. The molecule has 1 saturated heterocycles. The average Bonchev–Trinajstić information content (AvgIpc) is 3.10. The van der Waals surface area contributed by atoms with E-state index in [1.807, 2.05) is 6.07 Å².